The van der Waals surface area contributed by atoms with Gasteiger partial charge in [0.15, 0.2) is 11.5 Å². The van der Waals surface area contributed by atoms with Crippen molar-refractivity contribution in [2.24, 2.45) is 0 Å². The van der Waals surface area contributed by atoms with Gasteiger partial charge >= 0.3 is 0 Å². The molecule has 1 saturated heterocycles. The Morgan fingerprint density at radius 1 is 0.929 bits per heavy atom. The first-order valence-electron chi connectivity index (χ1n) is 8.64. The molecule has 1 aliphatic rings. The van der Waals surface area contributed by atoms with E-state index < -0.39 is 0 Å². The van der Waals surface area contributed by atoms with E-state index >= 15 is 0 Å². The summed E-state index contributed by atoms with van der Waals surface area (Å²) in [6.45, 7) is 2.07. The first-order valence-corrected chi connectivity index (χ1v) is 9.46. The molecule has 2 amide bonds. The maximum atomic E-state index is 11.7. The Kier molecular flexibility index (Phi) is 4.79. The predicted octanol–water partition coefficient (Wildman–Crippen LogP) is 5.27. The average molecular weight is 391 g/mol. The maximum absolute atomic E-state index is 11.7. The minimum absolute atomic E-state index is 0.352. The van der Waals surface area contributed by atoms with Gasteiger partial charge in [0.1, 0.15) is 5.75 Å². The Labute approximate surface area is 166 Å². The molecule has 1 aliphatic heterocycles. The Hall–Kier alpha value is -3.25. The number of carbonyl (C=O) groups is 2. The van der Waals surface area contributed by atoms with Crippen LogP contribution in [0.25, 0.3) is 16.8 Å². The minimum Gasteiger partial charge on any atom is -0.493 e. The molecule has 4 rings (SSSR count). The number of nitrogens with one attached hydrogen (secondary N) is 1. The molecule has 1 N–H and O–H groups in total. The molecule has 1 fully saturated rings. The number of ether oxygens (including phenoxy) is 2. The van der Waals surface area contributed by atoms with Gasteiger partial charge < -0.3 is 9.47 Å². The second kappa shape index (κ2) is 7.40. The Morgan fingerprint density at radius 3 is 2.39 bits per heavy atom. The molecule has 6 heteroatoms. The molecular weight excluding hydrogens is 374 g/mol. The summed E-state index contributed by atoms with van der Waals surface area (Å²) in [4.78, 5) is 23.4. The summed E-state index contributed by atoms with van der Waals surface area (Å²) < 4.78 is 11.6. The number of fused-ring (bicyclic) bond motifs is 1. The molecule has 0 spiro atoms. The highest BCUT2D eigenvalue weighted by Gasteiger charge is 2.25. The topological polar surface area (TPSA) is 64.6 Å². The Balaban J connectivity index is 1.68. The molecule has 5 nitrogen and oxygen atoms in total. The van der Waals surface area contributed by atoms with Gasteiger partial charge in [-0.25, -0.2) is 0 Å². The van der Waals surface area contributed by atoms with Crippen LogP contribution < -0.4 is 14.8 Å². The van der Waals surface area contributed by atoms with Gasteiger partial charge in [0, 0.05) is 5.39 Å². The van der Waals surface area contributed by atoms with Gasteiger partial charge in [-0.15, -0.1) is 0 Å². The maximum Gasteiger partial charge on any atom is 0.290 e. The second-order valence-electron chi connectivity index (χ2n) is 6.29. The second-order valence-corrected chi connectivity index (χ2v) is 7.31. The Morgan fingerprint density at radius 2 is 1.68 bits per heavy atom. The van der Waals surface area contributed by atoms with Gasteiger partial charge in [-0.3, -0.25) is 14.9 Å². The lowest BCUT2D eigenvalue weighted by molar-refractivity contribution is -0.115. The van der Waals surface area contributed by atoms with E-state index in [1.807, 2.05) is 36.4 Å². The molecule has 3 aromatic rings. The zero-order chi connectivity index (χ0) is 19.7. The van der Waals surface area contributed by atoms with E-state index in [1.165, 1.54) is 5.56 Å². The molecule has 0 unspecified atom stereocenters. The van der Waals surface area contributed by atoms with Gasteiger partial charge in [0.05, 0.1) is 12.0 Å². The smallest absolute Gasteiger partial charge is 0.290 e. The van der Waals surface area contributed by atoms with Crippen LogP contribution in [-0.4, -0.2) is 18.3 Å². The number of aryl methyl sites for hydroxylation is 1. The van der Waals surface area contributed by atoms with Crippen LogP contribution >= 0.6 is 11.8 Å². The molecule has 28 heavy (non-hydrogen) atoms. The molecule has 3 aromatic carbocycles. The molecule has 140 valence electrons. The number of carbonyl (C=O) groups excluding carboxylic acids is 2. The van der Waals surface area contributed by atoms with Crippen molar-refractivity contribution in [1.29, 1.82) is 0 Å². The van der Waals surface area contributed by atoms with Crippen LogP contribution in [0.1, 0.15) is 11.1 Å². The lowest BCUT2D eigenvalue weighted by atomic mass is 10.0. The first-order chi connectivity index (χ1) is 13.5. The normalized spacial score (nSPS) is 15.1. The fourth-order valence-electron chi connectivity index (χ4n) is 3.06. The number of imide groups is 1. The number of hydrogen-bond donors (Lipinski definition) is 1. The van der Waals surface area contributed by atoms with Gasteiger partial charge in [-0.2, -0.15) is 0 Å². The summed E-state index contributed by atoms with van der Waals surface area (Å²) >= 11 is 0.881. The average Bonchev–Trinajstić information content (AvgIpc) is 3.02. The number of benzene rings is 3. The van der Waals surface area contributed by atoms with E-state index in [0.717, 1.165) is 33.8 Å². The fraction of sp³-hybridized carbons (Fsp3) is 0.0909. The Bertz CT molecular complexity index is 1140. The SMILES string of the molecule is COc1cc(/C=C2\SC(=O)NC2=O)ccc1Oc1ccc(C)c2ccccc12. The summed E-state index contributed by atoms with van der Waals surface area (Å²) in [7, 11) is 1.56. The summed E-state index contributed by atoms with van der Waals surface area (Å²) in [5, 5.41) is 4.03. The number of hydrogen-bond acceptors (Lipinski definition) is 5. The van der Waals surface area contributed by atoms with Crippen LogP contribution in [0, 0.1) is 6.92 Å². The van der Waals surface area contributed by atoms with Crippen LogP contribution in [0.4, 0.5) is 4.79 Å². The summed E-state index contributed by atoms with van der Waals surface area (Å²) in [6.07, 6.45) is 1.65. The van der Waals surface area contributed by atoms with Crippen molar-refractivity contribution in [1.82, 2.24) is 5.32 Å². The van der Waals surface area contributed by atoms with E-state index in [-0.39, 0.29) is 11.1 Å². The fourth-order valence-corrected chi connectivity index (χ4v) is 3.74. The third-order valence-corrected chi connectivity index (χ3v) is 5.26. The molecule has 0 atom stereocenters. The van der Waals surface area contributed by atoms with Crippen molar-refractivity contribution in [2.75, 3.05) is 7.11 Å². The molecule has 0 bridgehead atoms. The van der Waals surface area contributed by atoms with Gasteiger partial charge in [0.2, 0.25) is 0 Å². The van der Waals surface area contributed by atoms with E-state index in [4.69, 9.17) is 9.47 Å². The zero-order valence-corrected chi connectivity index (χ0v) is 16.1. The molecular formula is C22H17NO4S. The van der Waals surface area contributed by atoms with Crippen molar-refractivity contribution in [3.8, 4) is 17.2 Å². The lowest BCUT2D eigenvalue weighted by Gasteiger charge is -2.14. The first kappa shape index (κ1) is 18.1. The van der Waals surface area contributed by atoms with Crippen molar-refractivity contribution in [3.63, 3.8) is 0 Å². The van der Waals surface area contributed by atoms with Crippen molar-refractivity contribution < 1.29 is 19.1 Å². The standard InChI is InChI=1S/C22H17NO4S/c1-13-7-9-17(16-6-4-3-5-15(13)16)27-18-10-8-14(11-19(18)26-2)12-20-21(24)23-22(25)28-20/h3-12H,1-2H3,(H,23,24,25)/b20-12-. The summed E-state index contributed by atoms with van der Waals surface area (Å²) in [5.41, 5.74) is 1.92. The van der Waals surface area contributed by atoms with Crippen LogP contribution in [-0.2, 0) is 4.79 Å². The quantitative estimate of drug-likeness (QED) is 0.614. The largest absolute Gasteiger partial charge is 0.493 e. The van der Waals surface area contributed by atoms with Gasteiger partial charge in [-0.1, -0.05) is 36.4 Å². The summed E-state index contributed by atoms with van der Waals surface area (Å²) in [6, 6.07) is 17.4. The van der Waals surface area contributed by atoms with Crippen molar-refractivity contribution in [3.05, 3.63) is 70.6 Å². The van der Waals surface area contributed by atoms with E-state index in [9.17, 15) is 9.59 Å². The zero-order valence-electron chi connectivity index (χ0n) is 15.3. The highest BCUT2D eigenvalue weighted by Crippen LogP contribution is 2.37. The number of thioether (sulfide) groups is 1. The molecule has 0 saturated carbocycles. The van der Waals surface area contributed by atoms with Crippen molar-refractivity contribution >= 4 is 39.8 Å². The third kappa shape index (κ3) is 3.46. The van der Waals surface area contributed by atoms with Gasteiger partial charge in [0.25, 0.3) is 11.1 Å². The number of amides is 2. The van der Waals surface area contributed by atoms with E-state index in [0.29, 0.717) is 16.4 Å². The van der Waals surface area contributed by atoms with Crippen LogP contribution in [0.2, 0.25) is 0 Å². The highest BCUT2D eigenvalue weighted by molar-refractivity contribution is 8.18. The lowest BCUT2D eigenvalue weighted by Crippen LogP contribution is -2.17. The molecule has 0 aliphatic carbocycles. The summed E-state index contributed by atoms with van der Waals surface area (Å²) in [5.74, 6) is 1.45. The number of rotatable bonds is 4. The van der Waals surface area contributed by atoms with Crippen LogP contribution in [0.5, 0.6) is 17.2 Å². The van der Waals surface area contributed by atoms with Crippen molar-refractivity contribution in [2.45, 2.75) is 6.92 Å². The van der Waals surface area contributed by atoms with Crippen LogP contribution in [0.15, 0.2) is 59.5 Å². The van der Waals surface area contributed by atoms with Crippen LogP contribution in [0.3, 0.4) is 0 Å². The molecule has 0 aromatic heterocycles. The third-order valence-electron chi connectivity index (χ3n) is 4.45. The van der Waals surface area contributed by atoms with E-state index in [1.54, 1.807) is 25.3 Å². The minimum atomic E-state index is -0.389. The predicted molar refractivity (Wildman–Crippen MR) is 111 cm³/mol. The van der Waals surface area contributed by atoms with Gasteiger partial charge in [-0.05, 0) is 59.5 Å². The highest BCUT2D eigenvalue weighted by atomic mass is 32.2. The molecule has 1 heterocycles. The number of methoxy groups -OCH3 is 1. The monoisotopic (exact) mass is 391 g/mol. The molecule has 0 radical (unpaired) electrons. The van der Waals surface area contributed by atoms with E-state index in [2.05, 4.69) is 18.3 Å².